The molecule has 0 bridgehead atoms. The summed E-state index contributed by atoms with van der Waals surface area (Å²) in [5, 5.41) is 3.57. The summed E-state index contributed by atoms with van der Waals surface area (Å²) in [5.41, 5.74) is 1.28. The number of aromatic nitrogens is 1. The van der Waals surface area contributed by atoms with E-state index >= 15 is 0 Å². The van der Waals surface area contributed by atoms with Gasteiger partial charge in [-0.1, -0.05) is 57.9 Å². The van der Waals surface area contributed by atoms with E-state index < -0.39 is 0 Å². The topological polar surface area (TPSA) is 24.9 Å². The SMILES string of the molecule is CCCCCCCCCCNC(C)c1cccnc1. The van der Waals surface area contributed by atoms with Crippen LogP contribution in [0.1, 0.15) is 76.8 Å². The van der Waals surface area contributed by atoms with Crippen LogP contribution >= 0.6 is 0 Å². The zero-order chi connectivity index (χ0) is 13.8. The average Bonchev–Trinajstić information content (AvgIpc) is 2.46. The highest BCUT2D eigenvalue weighted by molar-refractivity contribution is 5.12. The first-order valence-electron chi connectivity index (χ1n) is 7.98. The quantitative estimate of drug-likeness (QED) is 0.575. The third kappa shape index (κ3) is 7.99. The Kier molecular flexibility index (Phi) is 9.34. The predicted molar refractivity (Wildman–Crippen MR) is 83.3 cm³/mol. The van der Waals surface area contributed by atoms with Gasteiger partial charge in [0.05, 0.1) is 0 Å². The largest absolute Gasteiger partial charge is 0.310 e. The minimum Gasteiger partial charge on any atom is -0.310 e. The Morgan fingerprint density at radius 2 is 1.74 bits per heavy atom. The zero-order valence-electron chi connectivity index (χ0n) is 12.7. The molecular weight excluding hydrogens is 232 g/mol. The van der Waals surface area contributed by atoms with Crippen molar-refractivity contribution < 1.29 is 0 Å². The summed E-state index contributed by atoms with van der Waals surface area (Å²) >= 11 is 0. The van der Waals surface area contributed by atoms with Crippen LogP contribution in [-0.2, 0) is 0 Å². The molecule has 0 aliphatic carbocycles. The summed E-state index contributed by atoms with van der Waals surface area (Å²) in [6.07, 6.45) is 14.8. The fraction of sp³-hybridized carbons (Fsp3) is 0.706. The van der Waals surface area contributed by atoms with Gasteiger partial charge in [-0.15, -0.1) is 0 Å². The van der Waals surface area contributed by atoms with Crippen LogP contribution in [0.4, 0.5) is 0 Å². The van der Waals surface area contributed by atoms with Crippen molar-refractivity contribution in [3.63, 3.8) is 0 Å². The monoisotopic (exact) mass is 262 g/mol. The third-order valence-electron chi connectivity index (χ3n) is 3.67. The lowest BCUT2D eigenvalue weighted by atomic mass is 10.1. The Morgan fingerprint density at radius 3 is 2.37 bits per heavy atom. The van der Waals surface area contributed by atoms with Gasteiger partial charge in [-0.3, -0.25) is 4.98 Å². The van der Waals surface area contributed by atoms with Crippen molar-refractivity contribution in [3.8, 4) is 0 Å². The lowest BCUT2D eigenvalue weighted by Crippen LogP contribution is -2.19. The molecule has 108 valence electrons. The maximum absolute atomic E-state index is 4.16. The Morgan fingerprint density at radius 1 is 1.05 bits per heavy atom. The van der Waals surface area contributed by atoms with Crippen LogP contribution in [0.15, 0.2) is 24.5 Å². The number of nitrogens with zero attached hydrogens (tertiary/aromatic N) is 1. The summed E-state index contributed by atoms with van der Waals surface area (Å²) in [6, 6.07) is 4.56. The van der Waals surface area contributed by atoms with Gasteiger partial charge in [-0.2, -0.15) is 0 Å². The molecule has 0 amide bonds. The molecule has 2 nitrogen and oxygen atoms in total. The van der Waals surface area contributed by atoms with Gasteiger partial charge in [0.25, 0.3) is 0 Å². The molecular formula is C17H30N2. The van der Waals surface area contributed by atoms with Crippen molar-refractivity contribution in [2.75, 3.05) is 6.54 Å². The third-order valence-corrected chi connectivity index (χ3v) is 3.67. The maximum Gasteiger partial charge on any atom is 0.0315 e. The highest BCUT2D eigenvalue weighted by Gasteiger charge is 2.03. The van der Waals surface area contributed by atoms with Crippen LogP contribution in [-0.4, -0.2) is 11.5 Å². The molecule has 2 heteroatoms. The second kappa shape index (κ2) is 11.0. The minimum absolute atomic E-state index is 0.415. The minimum atomic E-state index is 0.415. The summed E-state index contributed by atoms with van der Waals surface area (Å²) < 4.78 is 0. The molecule has 1 heterocycles. The Bertz CT molecular complexity index is 297. The fourth-order valence-electron chi connectivity index (χ4n) is 2.33. The normalized spacial score (nSPS) is 12.5. The average molecular weight is 262 g/mol. The van der Waals surface area contributed by atoms with E-state index in [-0.39, 0.29) is 0 Å². The summed E-state index contributed by atoms with van der Waals surface area (Å²) in [4.78, 5) is 4.16. The van der Waals surface area contributed by atoms with Crippen molar-refractivity contribution in [2.45, 2.75) is 71.3 Å². The number of rotatable bonds is 11. The second-order valence-corrected chi connectivity index (χ2v) is 5.44. The zero-order valence-corrected chi connectivity index (χ0v) is 12.7. The molecule has 0 aliphatic heterocycles. The molecule has 19 heavy (non-hydrogen) atoms. The van der Waals surface area contributed by atoms with Crippen LogP contribution in [0.2, 0.25) is 0 Å². The molecule has 1 aromatic heterocycles. The van der Waals surface area contributed by atoms with Crippen LogP contribution in [0.3, 0.4) is 0 Å². The lowest BCUT2D eigenvalue weighted by molar-refractivity contribution is 0.521. The van der Waals surface area contributed by atoms with Gasteiger partial charge in [0.1, 0.15) is 0 Å². The fourth-order valence-corrected chi connectivity index (χ4v) is 2.33. The number of hydrogen-bond acceptors (Lipinski definition) is 2. The van der Waals surface area contributed by atoms with Crippen LogP contribution < -0.4 is 5.32 Å². The molecule has 0 saturated carbocycles. The van der Waals surface area contributed by atoms with E-state index in [0.717, 1.165) is 6.54 Å². The van der Waals surface area contributed by atoms with Crippen molar-refractivity contribution in [1.29, 1.82) is 0 Å². The van der Waals surface area contributed by atoms with E-state index in [9.17, 15) is 0 Å². The first-order valence-corrected chi connectivity index (χ1v) is 7.98. The molecule has 1 atom stereocenters. The van der Waals surface area contributed by atoms with Crippen molar-refractivity contribution in [3.05, 3.63) is 30.1 Å². The highest BCUT2D eigenvalue weighted by atomic mass is 14.9. The van der Waals surface area contributed by atoms with Gasteiger partial charge < -0.3 is 5.32 Å². The van der Waals surface area contributed by atoms with E-state index in [1.807, 2.05) is 18.5 Å². The number of nitrogens with one attached hydrogen (secondary N) is 1. The standard InChI is InChI=1S/C17H30N2/c1-3-4-5-6-7-8-9-10-14-19-16(2)17-12-11-13-18-15-17/h11-13,15-16,19H,3-10,14H2,1-2H3. The maximum atomic E-state index is 4.16. The Balaban J connectivity index is 1.93. The Hall–Kier alpha value is -0.890. The van der Waals surface area contributed by atoms with Gasteiger partial charge in [0.15, 0.2) is 0 Å². The molecule has 0 radical (unpaired) electrons. The molecule has 0 fully saturated rings. The predicted octanol–water partition coefficient (Wildman–Crippen LogP) is 4.87. The van der Waals surface area contributed by atoms with Gasteiger partial charge in [-0.05, 0) is 31.5 Å². The summed E-state index contributed by atoms with van der Waals surface area (Å²) in [6.45, 7) is 5.60. The van der Waals surface area contributed by atoms with Gasteiger partial charge in [0, 0.05) is 18.4 Å². The van der Waals surface area contributed by atoms with E-state index in [1.54, 1.807) is 0 Å². The van der Waals surface area contributed by atoms with E-state index in [4.69, 9.17) is 0 Å². The van der Waals surface area contributed by atoms with Gasteiger partial charge in [-0.25, -0.2) is 0 Å². The second-order valence-electron chi connectivity index (χ2n) is 5.44. The van der Waals surface area contributed by atoms with E-state index in [0.29, 0.717) is 6.04 Å². The summed E-state index contributed by atoms with van der Waals surface area (Å²) in [7, 11) is 0. The lowest BCUT2D eigenvalue weighted by Gasteiger charge is -2.13. The van der Waals surface area contributed by atoms with Crippen LogP contribution in [0.5, 0.6) is 0 Å². The molecule has 0 aliphatic rings. The summed E-state index contributed by atoms with van der Waals surface area (Å²) in [5.74, 6) is 0. The Labute approximate surface area is 119 Å². The molecule has 1 aromatic rings. The van der Waals surface area contributed by atoms with Crippen LogP contribution in [0, 0.1) is 0 Å². The van der Waals surface area contributed by atoms with Gasteiger partial charge in [0.2, 0.25) is 0 Å². The van der Waals surface area contributed by atoms with E-state index in [1.165, 1.54) is 56.9 Å². The smallest absolute Gasteiger partial charge is 0.0315 e. The van der Waals surface area contributed by atoms with Crippen molar-refractivity contribution >= 4 is 0 Å². The van der Waals surface area contributed by atoms with Crippen molar-refractivity contribution in [1.82, 2.24) is 10.3 Å². The molecule has 1 rings (SSSR count). The van der Waals surface area contributed by atoms with E-state index in [2.05, 4.69) is 30.2 Å². The molecule has 1 unspecified atom stereocenters. The van der Waals surface area contributed by atoms with Gasteiger partial charge >= 0.3 is 0 Å². The molecule has 0 spiro atoms. The first kappa shape index (κ1) is 16.2. The van der Waals surface area contributed by atoms with Crippen LogP contribution in [0.25, 0.3) is 0 Å². The molecule has 0 aromatic carbocycles. The first-order chi connectivity index (χ1) is 9.34. The molecule has 0 saturated heterocycles. The number of unbranched alkanes of at least 4 members (excludes halogenated alkanes) is 7. The number of hydrogen-bond donors (Lipinski definition) is 1. The highest BCUT2D eigenvalue weighted by Crippen LogP contribution is 2.11. The van der Waals surface area contributed by atoms with Crippen molar-refractivity contribution in [2.24, 2.45) is 0 Å². The molecule has 1 N–H and O–H groups in total. The number of pyridine rings is 1.